The lowest BCUT2D eigenvalue weighted by atomic mass is 10.1. The van der Waals surface area contributed by atoms with Crippen LogP contribution in [0.15, 0.2) is 91.4 Å². The molecule has 148 valence electrons. The summed E-state index contributed by atoms with van der Waals surface area (Å²) in [4.78, 5) is 19.0. The van der Waals surface area contributed by atoms with Crippen molar-refractivity contribution in [1.82, 2.24) is 19.7 Å². The van der Waals surface area contributed by atoms with Gasteiger partial charge in [-0.1, -0.05) is 48.5 Å². The van der Waals surface area contributed by atoms with Crippen molar-refractivity contribution in [3.8, 4) is 16.9 Å². The summed E-state index contributed by atoms with van der Waals surface area (Å²) in [6.45, 7) is 0.584. The highest BCUT2D eigenvalue weighted by Crippen LogP contribution is 2.43. The van der Waals surface area contributed by atoms with Crippen molar-refractivity contribution in [3.05, 3.63) is 103 Å². The van der Waals surface area contributed by atoms with Crippen LogP contribution in [0.5, 0.6) is 0 Å². The molecular formula is C24H20N4OS. The van der Waals surface area contributed by atoms with E-state index in [1.54, 1.807) is 18.0 Å². The lowest BCUT2D eigenvalue weighted by molar-refractivity contribution is -0.128. The van der Waals surface area contributed by atoms with Gasteiger partial charge in [-0.2, -0.15) is 5.10 Å². The first-order valence-electron chi connectivity index (χ1n) is 9.80. The first-order chi connectivity index (χ1) is 14.8. The lowest BCUT2D eigenvalue weighted by Gasteiger charge is -2.24. The number of carbonyl (C=O) groups excluding carboxylic acids is 1. The number of amides is 1. The molecule has 6 heteroatoms. The minimum absolute atomic E-state index is 0.0922. The van der Waals surface area contributed by atoms with E-state index in [4.69, 9.17) is 5.10 Å². The van der Waals surface area contributed by atoms with Gasteiger partial charge >= 0.3 is 0 Å². The second kappa shape index (κ2) is 8.16. The first-order valence-corrected chi connectivity index (χ1v) is 10.8. The molecule has 3 heterocycles. The van der Waals surface area contributed by atoms with Crippen LogP contribution in [0.4, 0.5) is 0 Å². The predicted molar refractivity (Wildman–Crippen MR) is 119 cm³/mol. The van der Waals surface area contributed by atoms with E-state index in [1.807, 2.05) is 82.6 Å². The summed E-state index contributed by atoms with van der Waals surface area (Å²) in [6.07, 6.45) is 5.63. The number of hydrogen-bond donors (Lipinski definition) is 0. The SMILES string of the molecule is O=C1CS[C@H](c2cn(-c3ccccc3)nc2-c2cccnc2)N1Cc1ccccc1. The monoisotopic (exact) mass is 412 g/mol. The van der Waals surface area contributed by atoms with Crippen LogP contribution in [-0.2, 0) is 11.3 Å². The summed E-state index contributed by atoms with van der Waals surface area (Å²) in [5.74, 6) is 0.624. The molecule has 0 spiro atoms. The lowest BCUT2D eigenvalue weighted by Crippen LogP contribution is -2.27. The van der Waals surface area contributed by atoms with Crippen LogP contribution in [0.1, 0.15) is 16.5 Å². The van der Waals surface area contributed by atoms with E-state index in [0.717, 1.165) is 28.1 Å². The van der Waals surface area contributed by atoms with Crippen LogP contribution in [0.3, 0.4) is 0 Å². The zero-order chi connectivity index (χ0) is 20.3. The zero-order valence-electron chi connectivity index (χ0n) is 16.3. The van der Waals surface area contributed by atoms with Crippen LogP contribution in [0.25, 0.3) is 16.9 Å². The highest BCUT2D eigenvalue weighted by molar-refractivity contribution is 8.00. The maximum absolute atomic E-state index is 12.8. The minimum Gasteiger partial charge on any atom is -0.321 e. The molecule has 0 bridgehead atoms. The molecular weight excluding hydrogens is 392 g/mol. The van der Waals surface area contributed by atoms with Crippen LogP contribution >= 0.6 is 11.8 Å². The Morgan fingerprint density at radius 3 is 2.47 bits per heavy atom. The van der Waals surface area contributed by atoms with Gasteiger partial charge in [-0.3, -0.25) is 9.78 Å². The quantitative estimate of drug-likeness (QED) is 0.476. The number of hydrogen-bond acceptors (Lipinski definition) is 4. The molecule has 5 rings (SSSR count). The third-order valence-corrected chi connectivity index (χ3v) is 6.37. The van der Waals surface area contributed by atoms with E-state index in [2.05, 4.69) is 17.1 Å². The Kier molecular flexibility index (Phi) is 5.07. The molecule has 0 unspecified atom stereocenters. The smallest absolute Gasteiger partial charge is 0.234 e. The molecule has 1 aliphatic heterocycles. The Labute approximate surface area is 179 Å². The Morgan fingerprint density at radius 1 is 0.967 bits per heavy atom. The summed E-state index contributed by atoms with van der Waals surface area (Å²) >= 11 is 1.65. The Bertz CT molecular complexity index is 1150. The van der Waals surface area contributed by atoms with Crippen LogP contribution < -0.4 is 0 Å². The van der Waals surface area contributed by atoms with Gasteiger partial charge in [0.05, 0.1) is 11.4 Å². The molecule has 2 aromatic heterocycles. The second-order valence-corrected chi connectivity index (χ2v) is 8.19. The van der Waals surface area contributed by atoms with Crippen molar-refractivity contribution < 1.29 is 4.79 Å². The van der Waals surface area contributed by atoms with Gasteiger partial charge in [-0.15, -0.1) is 11.8 Å². The standard InChI is InChI=1S/C24H20N4OS/c29-22-17-30-24(27(22)15-18-8-3-1-4-9-18)21-16-28(20-11-5-2-6-12-20)26-23(21)19-10-7-13-25-14-19/h1-14,16,24H,15,17H2/t24-/m1/s1. The normalized spacial score (nSPS) is 16.2. The molecule has 30 heavy (non-hydrogen) atoms. The fourth-order valence-corrected chi connectivity index (χ4v) is 4.86. The molecule has 0 N–H and O–H groups in total. The number of carbonyl (C=O) groups is 1. The molecule has 1 aliphatic rings. The summed E-state index contributed by atoms with van der Waals surface area (Å²) < 4.78 is 1.89. The largest absolute Gasteiger partial charge is 0.321 e. The van der Waals surface area contributed by atoms with Gasteiger partial charge in [0.15, 0.2) is 0 Å². The fraction of sp³-hybridized carbons (Fsp3) is 0.125. The summed E-state index contributed by atoms with van der Waals surface area (Å²) in [5.41, 5.74) is 4.94. The van der Waals surface area contributed by atoms with Crippen LogP contribution in [-0.4, -0.2) is 31.3 Å². The van der Waals surface area contributed by atoms with Crippen LogP contribution in [0, 0.1) is 0 Å². The third kappa shape index (κ3) is 3.62. The van der Waals surface area contributed by atoms with Gasteiger partial charge in [0.1, 0.15) is 11.1 Å². The summed E-state index contributed by atoms with van der Waals surface area (Å²) in [7, 11) is 0. The number of benzene rings is 2. The van der Waals surface area contributed by atoms with Gasteiger partial charge in [0, 0.05) is 36.3 Å². The maximum atomic E-state index is 12.8. The zero-order valence-corrected chi connectivity index (χ0v) is 17.1. The molecule has 1 saturated heterocycles. The molecule has 2 aromatic carbocycles. The van der Waals surface area contributed by atoms with E-state index >= 15 is 0 Å². The molecule has 0 aliphatic carbocycles. The van der Waals surface area contributed by atoms with Crippen LogP contribution in [0.2, 0.25) is 0 Å². The van der Waals surface area contributed by atoms with Crippen molar-refractivity contribution in [2.75, 3.05) is 5.75 Å². The Hall–Kier alpha value is -3.38. The topological polar surface area (TPSA) is 51.0 Å². The molecule has 1 atom stereocenters. The van der Waals surface area contributed by atoms with Gasteiger partial charge in [-0.25, -0.2) is 4.68 Å². The Morgan fingerprint density at radius 2 is 1.73 bits per heavy atom. The first kappa shape index (κ1) is 18.6. The molecule has 5 nitrogen and oxygen atoms in total. The molecule has 1 fully saturated rings. The van der Waals surface area contributed by atoms with Crippen molar-refractivity contribution in [2.45, 2.75) is 11.9 Å². The number of para-hydroxylation sites is 1. The van der Waals surface area contributed by atoms with Gasteiger partial charge < -0.3 is 4.90 Å². The molecule has 0 saturated carbocycles. The van der Waals surface area contributed by atoms with E-state index < -0.39 is 0 Å². The maximum Gasteiger partial charge on any atom is 0.234 e. The number of aromatic nitrogens is 3. The predicted octanol–water partition coefficient (Wildman–Crippen LogP) is 4.71. The molecule has 4 aromatic rings. The highest BCUT2D eigenvalue weighted by atomic mass is 32.2. The van der Waals surface area contributed by atoms with E-state index in [9.17, 15) is 4.79 Å². The van der Waals surface area contributed by atoms with Crippen molar-refractivity contribution in [2.24, 2.45) is 0 Å². The number of nitrogens with zero attached hydrogens (tertiary/aromatic N) is 4. The molecule has 1 amide bonds. The third-order valence-electron chi connectivity index (χ3n) is 5.13. The number of pyridine rings is 1. The minimum atomic E-state index is -0.0922. The Balaban J connectivity index is 1.58. The average molecular weight is 413 g/mol. The van der Waals surface area contributed by atoms with E-state index in [1.165, 1.54) is 0 Å². The number of rotatable bonds is 5. The van der Waals surface area contributed by atoms with Crippen molar-refractivity contribution in [1.29, 1.82) is 0 Å². The van der Waals surface area contributed by atoms with Gasteiger partial charge in [0.2, 0.25) is 5.91 Å². The van der Waals surface area contributed by atoms with E-state index in [-0.39, 0.29) is 11.3 Å². The number of thioether (sulfide) groups is 1. The fourth-order valence-electron chi connectivity index (χ4n) is 3.67. The highest BCUT2D eigenvalue weighted by Gasteiger charge is 2.35. The van der Waals surface area contributed by atoms with E-state index in [0.29, 0.717) is 12.3 Å². The van der Waals surface area contributed by atoms with Crippen molar-refractivity contribution >= 4 is 17.7 Å². The van der Waals surface area contributed by atoms with Gasteiger partial charge in [-0.05, 0) is 29.8 Å². The summed E-state index contributed by atoms with van der Waals surface area (Å²) in [6, 6.07) is 24.1. The van der Waals surface area contributed by atoms with Crippen molar-refractivity contribution in [3.63, 3.8) is 0 Å². The summed E-state index contributed by atoms with van der Waals surface area (Å²) in [5, 5.41) is 4.79. The molecule has 0 radical (unpaired) electrons. The second-order valence-electron chi connectivity index (χ2n) is 7.13. The van der Waals surface area contributed by atoms with Gasteiger partial charge in [0.25, 0.3) is 0 Å². The average Bonchev–Trinajstić information content (AvgIpc) is 3.40.